The van der Waals surface area contributed by atoms with Crippen molar-refractivity contribution in [2.45, 2.75) is 75.9 Å². The fourth-order valence-electron chi connectivity index (χ4n) is 4.71. The van der Waals surface area contributed by atoms with Crippen molar-refractivity contribution in [3.05, 3.63) is 53.6 Å². The molecule has 1 aliphatic heterocycles. The fourth-order valence-corrected chi connectivity index (χ4v) is 4.71. The Morgan fingerprint density at radius 1 is 1.00 bits per heavy atom. The molecule has 1 saturated carbocycles. The second-order valence-corrected chi connectivity index (χ2v) is 9.46. The molecule has 7 heteroatoms. The molecule has 1 aliphatic carbocycles. The molecule has 3 atom stereocenters. The van der Waals surface area contributed by atoms with Gasteiger partial charge in [0.05, 0.1) is 18.8 Å². The lowest BCUT2D eigenvalue weighted by Crippen LogP contribution is -2.47. The Hall–Kier alpha value is -2.16. The lowest BCUT2D eigenvalue weighted by atomic mass is 9.92. The highest BCUT2D eigenvalue weighted by Crippen LogP contribution is 2.27. The molecule has 2 aromatic rings. The number of phenols is 1. The number of nitrogens with one attached hydrogen (secondary N) is 1. The third-order valence-corrected chi connectivity index (χ3v) is 6.84. The SMILES string of the molecule is Cc1cc(CCNC2CCC(OCC3OCCC(O)C3O)CC2)ccc1Oc1ccc(O)cc1. The topological polar surface area (TPSA) is 100 Å². The summed E-state index contributed by atoms with van der Waals surface area (Å²) in [7, 11) is 0. The molecule has 34 heavy (non-hydrogen) atoms. The van der Waals surface area contributed by atoms with Crippen molar-refractivity contribution < 1.29 is 29.5 Å². The molecule has 2 aliphatic rings. The first-order valence-corrected chi connectivity index (χ1v) is 12.4. The molecular formula is C27H37NO6. The second-order valence-electron chi connectivity index (χ2n) is 9.46. The van der Waals surface area contributed by atoms with Gasteiger partial charge in [0.15, 0.2) is 0 Å². The third-order valence-electron chi connectivity index (χ3n) is 6.84. The van der Waals surface area contributed by atoms with Crippen LogP contribution in [0.3, 0.4) is 0 Å². The highest BCUT2D eigenvalue weighted by Gasteiger charge is 2.32. The van der Waals surface area contributed by atoms with Crippen LogP contribution in [-0.4, -0.2) is 65.5 Å². The van der Waals surface area contributed by atoms with Crippen LogP contribution in [0.1, 0.15) is 43.2 Å². The van der Waals surface area contributed by atoms with Gasteiger partial charge in [-0.1, -0.05) is 12.1 Å². The van der Waals surface area contributed by atoms with Crippen molar-refractivity contribution in [1.82, 2.24) is 5.32 Å². The van der Waals surface area contributed by atoms with Crippen LogP contribution in [0.5, 0.6) is 17.2 Å². The van der Waals surface area contributed by atoms with Gasteiger partial charge in [0.25, 0.3) is 0 Å². The molecule has 0 radical (unpaired) electrons. The molecule has 2 aromatic carbocycles. The number of rotatable bonds is 9. The summed E-state index contributed by atoms with van der Waals surface area (Å²) in [4.78, 5) is 0. The van der Waals surface area contributed by atoms with Gasteiger partial charge >= 0.3 is 0 Å². The largest absolute Gasteiger partial charge is 0.508 e. The van der Waals surface area contributed by atoms with E-state index in [9.17, 15) is 15.3 Å². The van der Waals surface area contributed by atoms with Gasteiger partial charge in [-0.2, -0.15) is 0 Å². The van der Waals surface area contributed by atoms with Gasteiger partial charge in [-0.15, -0.1) is 0 Å². The van der Waals surface area contributed by atoms with Crippen molar-refractivity contribution in [3.8, 4) is 17.2 Å². The van der Waals surface area contributed by atoms with Gasteiger partial charge in [-0.05, 0) is 93.5 Å². The number of aliphatic hydroxyl groups excluding tert-OH is 2. The summed E-state index contributed by atoms with van der Waals surface area (Å²) in [5.74, 6) is 1.75. The Bertz CT molecular complexity index is 896. The average molecular weight is 472 g/mol. The number of ether oxygens (including phenoxy) is 3. The molecule has 0 bridgehead atoms. The standard InChI is InChI=1S/C27H37NO6/c1-18-16-19(2-11-25(18)34-23-9-5-21(29)6-10-23)12-14-28-20-3-7-22(8-4-20)33-17-26-27(31)24(30)13-15-32-26/h2,5-6,9-11,16,20,22,24,26-31H,3-4,7-8,12-15,17H2,1H3. The van der Waals surface area contributed by atoms with Crippen LogP contribution < -0.4 is 10.1 Å². The van der Waals surface area contributed by atoms with Gasteiger partial charge in [0.1, 0.15) is 29.5 Å². The predicted molar refractivity (Wildman–Crippen MR) is 129 cm³/mol. The van der Waals surface area contributed by atoms with Crippen molar-refractivity contribution >= 4 is 0 Å². The van der Waals surface area contributed by atoms with Gasteiger partial charge in [0, 0.05) is 12.6 Å². The summed E-state index contributed by atoms with van der Waals surface area (Å²) in [6, 6.07) is 13.5. The molecule has 0 spiro atoms. The lowest BCUT2D eigenvalue weighted by molar-refractivity contribution is -0.163. The minimum absolute atomic E-state index is 0.191. The maximum atomic E-state index is 10.0. The van der Waals surface area contributed by atoms with Crippen molar-refractivity contribution in [2.24, 2.45) is 0 Å². The van der Waals surface area contributed by atoms with E-state index in [0.29, 0.717) is 31.4 Å². The molecular weight excluding hydrogens is 434 g/mol. The van der Waals surface area contributed by atoms with E-state index in [1.165, 1.54) is 5.56 Å². The number of aromatic hydroxyl groups is 1. The van der Waals surface area contributed by atoms with Crippen LogP contribution in [-0.2, 0) is 15.9 Å². The number of phenolic OH excluding ortho intramolecular Hbond substituents is 1. The maximum Gasteiger partial charge on any atom is 0.130 e. The van der Waals surface area contributed by atoms with Crippen LogP contribution in [0.4, 0.5) is 0 Å². The fraction of sp³-hybridized carbons (Fsp3) is 0.556. The monoisotopic (exact) mass is 471 g/mol. The van der Waals surface area contributed by atoms with E-state index >= 15 is 0 Å². The first-order chi connectivity index (χ1) is 16.5. The highest BCUT2D eigenvalue weighted by molar-refractivity contribution is 5.40. The molecule has 186 valence electrons. The average Bonchev–Trinajstić information content (AvgIpc) is 2.84. The van der Waals surface area contributed by atoms with E-state index in [2.05, 4.69) is 17.4 Å². The van der Waals surface area contributed by atoms with Gasteiger partial charge in [0.2, 0.25) is 0 Å². The summed E-state index contributed by atoms with van der Waals surface area (Å²) in [5, 5.41) is 32.9. The van der Waals surface area contributed by atoms with Crippen molar-refractivity contribution in [3.63, 3.8) is 0 Å². The number of aryl methyl sites for hydroxylation is 1. The first kappa shape index (κ1) is 24.9. The molecule has 4 N–H and O–H groups in total. The molecule has 1 saturated heterocycles. The Morgan fingerprint density at radius 2 is 1.76 bits per heavy atom. The predicted octanol–water partition coefficient (Wildman–Crippen LogP) is 3.46. The Balaban J connectivity index is 1.14. The smallest absolute Gasteiger partial charge is 0.130 e. The van der Waals surface area contributed by atoms with E-state index in [-0.39, 0.29) is 11.9 Å². The molecule has 7 nitrogen and oxygen atoms in total. The van der Waals surface area contributed by atoms with Gasteiger partial charge < -0.3 is 34.8 Å². The van der Waals surface area contributed by atoms with Crippen molar-refractivity contribution in [2.75, 3.05) is 19.8 Å². The van der Waals surface area contributed by atoms with Crippen LogP contribution in [0.25, 0.3) is 0 Å². The number of aliphatic hydroxyl groups is 2. The summed E-state index contributed by atoms with van der Waals surface area (Å²) >= 11 is 0. The van der Waals surface area contributed by atoms with E-state index < -0.39 is 18.3 Å². The maximum absolute atomic E-state index is 10.0. The summed E-state index contributed by atoms with van der Waals surface area (Å²) in [6.07, 6.45) is 3.74. The first-order valence-electron chi connectivity index (χ1n) is 12.4. The van der Waals surface area contributed by atoms with Gasteiger partial charge in [-0.3, -0.25) is 0 Å². The molecule has 2 fully saturated rings. The molecule has 3 unspecified atom stereocenters. The normalized spacial score (nSPS) is 27.4. The van der Waals surface area contributed by atoms with E-state index in [1.807, 2.05) is 13.0 Å². The number of hydrogen-bond acceptors (Lipinski definition) is 7. The minimum Gasteiger partial charge on any atom is -0.508 e. The zero-order valence-electron chi connectivity index (χ0n) is 19.9. The van der Waals surface area contributed by atoms with E-state index in [0.717, 1.165) is 50.0 Å². The zero-order valence-corrected chi connectivity index (χ0v) is 19.9. The molecule has 4 rings (SSSR count). The summed E-state index contributed by atoms with van der Waals surface area (Å²) < 4.78 is 17.5. The Labute approximate surface area is 201 Å². The number of hydrogen-bond donors (Lipinski definition) is 4. The van der Waals surface area contributed by atoms with Crippen LogP contribution in [0.2, 0.25) is 0 Å². The Kier molecular flexibility index (Phi) is 8.80. The molecule has 1 heterocycles. The summed E-state index contributed by atoms with van der Waals surface area (Å²) in [6.45, 7) is 3.78. The Morgan fingerprint density at radius 3 is 2.50 bits per heavy atom. The lowest BCUT2D eigenvalue weighted by Gasteiger charge is -2.34. The minimum atomic E-state index is -0.858. The van der Waals surface area contributed by atoms with E-state index in [4.69, 9.17) is 14.2 Å². The van der Waals surface area contributed by atoms with Crippen LogP contribution in [0.15, 0.2) is 42.5 Å². The zero-order chi connectivity index (χ0) is 23.9. The highest BCUT2D eigenvalue weighted by atomic mass is 16.5. The van der Waals surface area contributed by atoms with E-state index in [1.54, 1.807) is 24.3 Å². The third kappa shape index (κ3) is 6.93. The quantitative estimate of drug-likeness (QED) is 0.444. The molecule has 0 amide bonds. The van der Waals surface area contributed by atoms with Crippen LogP contribution in [0, 0.1) is 6.92 Å². The van der Waals surface area contributed by atoms with Crippen LogP contribution >= 0.6 is 0 Å². The molecule has 0 aromatic heterocycles. The number of benzene rings is 2. The second kappa shape index (κ2) is 12.0. The van der Waals surface area contributed by atoms with Crippen molar-refractivity contribution in [1.29, 1.82) is 0 Å². The summed E-state index contributed by atoms with van der Waals surface area (Å²) in [5.41, 5.74) is 2.36. The van der Waals surface area contributed by atoms with Gasteiger partial charge in [-0.25, -0.2) is 0 Å².